The van der Waals surface area contributed by atoms with E-state index in [0.29, 0.717) is 22.1 Å². The number of ketones is 1. The lowest BCUT2D eigenvalue weighted by atomic mass is 10.1. The Balaban J connectivity index is 2.03. The van der Waals surface area contributed by atoms with E-state index in [2.05, 4.69) is 0 Å². The van der Waals surface area contributed by atoms with E-state index >= 15 is 0 Å². The van der Waals surface area contributed by atoms with Crippen LogP contribution in [0.1, 0.15) is 15.9 Å². The van der Waals surface area contributed by atoms with Crippen LogP contribution in [0.5, 0.6) is 5.75 Å². The van der Waals surface area contributed by atoms with Crippen LogP contribution in [0.25, 0.3) is 6.08 Å². The van der Waals surface area contributed by atoms with Crippen LogP contribution in [0.3, 0.4) is 0 Å². The molecule has 0 spiro atoms. The zero-order valence-electron chi connectivity index (χ0n) is 9.39. The highest BCUT2D eigenvalue weighted by atomic mass is 35.5. The average Bonchev–Trinajstić information content (AvgIpc) is 2.70. The lowest BCUT2D eigenvalue weighted by Gasteiger charge is -1.99. The second-order valence-corrected chi connectivity index (χ2v) is 4.37. The summed E-state index contributed by atoms with van der Waals surface area (Å²) in [6.07, 6.45) is 1.72. The maximum atomic E-state index is 12.1. The van der Waals surface area contributed by atoms with Crippen molar-refractivity contribution in [1.29, 1.82) is 0 Å². The van der Waals surface area contributed by atoms with Crippen molar-refractivity contribution in [3.63, 3.8) is 0 Å². The highest BCUT2D eigenvalue weighted by Crippen LogP contribution is 2.37. The first-order valence-electron chi connectivity index (χ1n) is 5.53. The van der Waals surface area contributed by atoms with Gasteiger partial charge in [-0.05, 0) is 23.8 Å². The van der Waals surface area contributed by atoms with Crippen LogP contribution in [0.15, 0.2) is 54.3 Å². The van der Waals surface area contributed by atoms with E-state index in [-0.39, 0.29) is 5.78 Å². The van der Waals surface area contributed by atoms with Gasteiger partial charge in [-0.2, -0.15) is 0 Å². The van der Waals surface area contributed by atoms with Crippen molar-refractivity contribution in [2.24, 2.45) is 0 Å². The van der Waals surface area contributed by atoms with Gasteiger partial charge in [-0.3, -0.25) is 4.79 Å². The van der Waals surface area contributed by atoms with Gasteiger partial charge in [0.25, 0.3) is 0 Å². The number of allylic oxidation sites excluding steroid dienone is 1. The Hall–Kier alpha value is -2.06. The van der Waals surface area contributed by atoms with Crippen molar-refractivity contribution in [2.75, 3.05) is 0 Å². The van der Waals surface area contributed by atoms with Gasteiger partial charge in [0.2, 0.25) is 5.78 Å². The Labute approximate surface area is 109 Å². The third kappa shape index (κ3) is 1.81. The summed E-state index contributed by atoms with van der Waals surface area (Å²) in [4.78, 5) is 12.1. The number of fused-ring (bicyclic) bond motifs is 1. The highest BCUT2D eigenvalue weighted by molar-refractivity contribution is 6.33. The van der Waals surface area contributed by atoms with Crippen molar-refractivity contribution < 1.29 is 9.53 Å². The molecule has 88 valence electrons. The summed E-state index contributed by atoms with van der Waals surface area (Å²) in [6, 6.07) is 14.7. The lowest BCUT2D eigenvalue weighted by Crippen LogP contribution is -1.97. The molecule has 0 amide bonds. The summed E-state index contributed by atoms with van der Waals surface area (Å²) in [5, 5.41) is 0.456. The Morgan fingerprint density at radius 1 is 1.00 bits per heavy atom. The average molecular weight is 257 g/mol. The van der Waals surface area contributed by atoms with Crippen molar-refractivity contribution >= 4 is 23.5 Å². The van der Waals surface area contributed by atoms with E-state index < -0.39 is 0 Å². The zero-order valence-corrected chi connectivity index (χ0v) is 10.1. The molecule has 0 unspecified atom stereocenters. The number of Topliss-reactive ketones (excluding diaryl/α,β-unsaturated/α-hetero) is 1. The number of halogens is 1. The maximum Gasteiger partial charge on any atom is 0.232 e. The molecule has 2 aromatic rings. The van der Waals surface area contributed by atoms with Gasteiger partial charge in [0, 0.05) is 0 Å². The molecule has 2 aromatic carbocycles. The molecule has 0 aromatic heterocycles. The maximum absolute atomic E-state index is 12.1. The molecule has 0 atom stereocenters. The molecular formula is C15H9ClO2. The molecule has 1 heterocycles. The summed E-state index contributed by atoms with van der Waals surface area (Å²) in [5.41, 5.74) is 1.44. The second kappa shape index (κ2) is 4.31. The van der Waals surface area contributed by atoms with E-state index in [4.69, 9.17) is 16.3 Å². The molecule has 0 radical (unpaired) electrons. The van der Waals surface area contributed by atoms with Crippen LogP contribution in [-0.4, -0.2) is 5.78 Å². The van der Waals surface area contributed by atoms with Gasteiger partial charge >= 0.3 is 0 Å². The fraction of sp³-hybridized carbons (Fsp3) is 0. The Bertz CT molecular complexity index is 645. The van der Waals surface area contributed by atoms with Crippen molar-refractivity contribution in [2.45, 2.75) is 0 Å². The van der Waals surface area contributed by atoms with Crippen LogP contribution in [0, 0.1) is 0 Å². The van der Waals surface area contributed by atoms with Crippen molar-refractivity contribution in [3.8, 4) is 5.75 Å². The minimum absolute atomic E-state index is 0.128. The summed E-state index contributed by atoms with van der Waals surface area (Å²) in [5.74, 6) is 0.631. The number of hydrogen-bond donors (Lipinski definition) is 0. The van der Waals surface area contributed by atoms with E-state index in [1.807, 2.05) is 30.3 Å². The first-order chi connectivity index (χ1) is 8.75. The lowest BCUT2D eigenvalue weighted by molar-refractivity contribution is 0.101. The molecule has 3 rings (SSSR count). The number of benzene rings is 2. The van der Waals surface area contributed by atoms with Gasteiger partial charge in [0.1, 0.15) is 0 Å². The summed E-state index contributed by atoms with van der Waals surface area (Å²) in [6.45, 7) is 0. The van der Waals surface area contributed by atoms with Gasteiger partial charge in [0.05, 0.1) is 10.6 Å². The molecule has 0 bridgehead atoms. The smallest absolute Gasteiger partial charge is 0.232 e. The standard InChI is InChI=1S/C15H9ClO2/c16-12-8-4-7-11-14(17)13(18-15(11)12)9-10-5-2-1-3-6-10/h1-9H/b13-9+. The van der Waals surface area contributed by atoms with Gasteiger partial charge in [-0.1, -0.05) is 48.0 Å². The number of hydrogen-bond acceptors (Lipinski definition) is 2. The molecule has 0 N–H and O–H groups in total. The van der Waals surface area contributed by atoms with Crippen molar-refractivity contribution in [1.82, 2.24) is 0 Å². The Kier molecular flexibility index (Phi) is 2.65. The second-order valence-electron chi connectivity index (χ2n) is 3.97. The predicted molar refractivity (Wildman–Crippen MR) is 70.8 cm³/mol. The predicted octanol–water partition coefficient (Wildman–Crippen LogP) is 3.96. The van der Waals surface area contributed by atoms with Crippen molar-refractivity contribution in [3.05, 3.63) is 70.4 Å². The van der Waals surface area contributed by atoms with E-state index in [1.54, 1.807) is 24.3 Å². The first-order valence-corrected chi connectivity index (χ1v) is 5.91. The number of carbonyl (C=O) groups excluding carboxylic acids is 1. The van der Waals surface area contributed by atoms with Gasteiger partial charge in [0.15, 0.2) is 11.5 Å². The highest BCUT2D eigenvalue weighted by Gasteiger charge is 2.28. The summed E-state index contributed by atoms with van der Waals surface area (Å²) >= 11 is 6.00. The summed E-state index contributed by atoms with van der Waals surface area (Å²) in [7, 11) is 0. The third-order valence-corrected chi connectivity index (χ3v) is 3.04. The van der Waals surface area contributed by atoms with Gasteiger partial charge < -0.3 is 4.74 Å². The van der Waals surface area contributed by atoms with E-state index in [9.17, 15) is 4.79 Å². The van der Waals surface area contributed by atoms with Gasteiger partial charge in [-0.25, -0.2) is 0 Å². The monoisotopic (exact) mass is 256 g/mol. The number of carbonyl (C=O) groups is 1. The molecular weight excluding hydrogens is 248 g/mol. The number of para-hydroxylation sites is 1. The van der Waals surface area contributed by atoms with Crippen LogP contribution >= 0.6 is 11.6 Å². The first kappa shape index (κ1) is 11.1. The molecule has 18 heavy (non-hydrogen) atoms. The fourth-order valence-electron chi connectivity index (χ4n) is 1.88. The Morgan fingerprint density at radius 3 is 2.50 bits per heavy atom. The normalized spacial score (nSPS) is 15.6. The molecule has 0 saturated carbocycles. The molecule has 2 nitrogen and oxygen atoms in total. The van der Waals surface area contributed by atoms with E-state index in [1.165, 1.54) is 0 Å². The SMILES string of the molecule is O=C1/C(=C\c2ccccc2)Oc2c(Cl)cccc21. The molecule has 1 aliphatic heterocycles. The fourth-order valence-corrected chi connectivity index (χ4v) is 2.09. The van der Waals surface area contributed by atoms with Crippen LogP contribution < -0.4 is 4.74 Å². The third-order valence-electron chi connectivity index (χ3n) is 2.74. The number of ether oxygens (including phenoxy) is 1. The van der Waals surface area contributed by atoms with Crippen LogP contribution in [0.2, 0.25) is 5.02 Å². The summed E-state index contributed by atoms with van der Waals surface area (Å²) < 4.78 is 5.53. The minimum Gasteiger partial charge on any atom is -0.451 e. The molecule has 3 heteroatoms. The van der Waals surface area contributed by atoms with E-state index in [0.717, 1.165) is 5.56 Å². The van der Waals surface area contributed by atoms with Crippen LogP contribution in [-0.2, 0) is 0 Å². The zero-order chi connectivity index (χ0) is 12.5. The number of rotatable bonds is 1. The van der Waals surface area contributed by atoms with Crippen LogP contribution in [0.4, 0.5) is 0 Å². The molecule has 0 aliphatic carbocycles. The quantitative estimate of drug-likeness (QED) is 0.722. The molecule has 0 saturated heterocycles. The molecule has 0 fully saturated rings. The Morgan fingerprint density at radius 2 is 1.78 bits per heavy atom. The largest absolute Gasteiger partial charge is 0.451 e. The topological polar surface area (TPSA) is 26.3 Å². The molecule has 1 aliphatic rings. The minimum atomic E-state index is -0.128. The van der Waals surface area contributed by atoms with Gasteiger partial charge in [-0.15, -0.1) is 0 Å².